The van der Waals surface area contributed by atoms with Crippen LogP contribution >= 0.6 is 11.6 Å². The molecule has 0 fully saturated rings. The van der Waals surface area contributed by atoms with E-state index in [9.17, 15) is 14.4 Å². The van der Waals surface area contributed by atoms with Gasteiger partial charge in [-0.15, -0.1) is 0 Å². The molecule has 0 spiro atoms. The second-order valence-corrected chi connectivity index (χ2v) is 12.0. The zero-order valence-corrected chi connectivity index (χ0v) is 25.8. The number of carbonyl (C=O) groups is 3. The molecule has 3 atom stereocenters. The first-order valence-corrected chi connectivity index (χ1v) is 14.1. The lowest BCUT2D eigenvalue weighted by atomic mass is 9.96. The van der Waals surface area contributed by atoms with Gasteiger partial charge in [0.2, 0.25) is 5.91 Å². The third-order valence-corrected chi connectivity index (χ3v) is 6.77. The van der Waals surface area contributed by atoms with Crippen LogP contribution in [0.25, 0.3) is 6.08 Å². The molecule has 0 bridgehead atoms. The maximum absolute atomic E-state index is 14.1. The van der Waals surface area contributed by atoms with Gasteiger partial charge in [0, 0.05) is 6.04 Å². The van der Waals surface area contributed by atoms with Crippen LogP contribution in [0.3, 0.4) is 0 Å². The molecule has 0 radical (unpaired) electrons. The van der Waals surface area contributed by atoms with Crippen molar-refractivity contribution < 1.29 is 19.1 Å². The molecule has 218 valence electrons. The van der Waals surface area contributed by atoms with Gasteiger partial charge < -0.3 is 20.3 Å². The second-order valence-electron chi connectivity index (χ2n) is 11.6. The van der Waals surface area contributed by atoms with Gasteiger partial charge >= 0.3 is 6.09 Å². The number of benzene rings is 2. The summed E-state index contributed by atoms with van der Waals surface area (Å²) in [5.41, 5.74) is 1.99. The van der Waals surface area contributed by atoms with Gasteiger partial charge in [-0.2, -0.15) is 0 Å². The number of alkyl carbamates (subject to hydrolysis) is 1. The van der Waals surface area contributed by atoms with Crippen molar-refractivity contribution in [3.63, 3.8) is 0 Å². The van der Waals surface area contributed by atoms with Crippen molar-refractivity contribution in [3.8, 4) is 0 Å². The van der Waals surface area contributed by atoms with E-state index in [1.54, 1.807) is 44.7 Å². The summed E-state index contributed by atoms with van der Waals surface area (Å²) < 4.78 is 5.38. The molecule has 40 heavy (non-hydrogen) atoms. The van der Waals surface area contributed by atoms with Crippen molar-refractivity contribution in [1.29, 1.82) is 0 Å². The molecule has 0 aliphatic rings. The van der Waals surface area contributed by atoms with E-state index in [0.29, 0.717) is 28.6 Å². The molecule has 2 N–H and O–H groups in total. The highest BCUT2D eigenvalue weighted by molar-refractivity contribution is 6.34. The maximum Gasteiger partial charge on any atom is 0.408 e. The van der Waals surface area contributed by atoms with Gasteiger partial charge in [0.05, 0.1) is 10.7 Å². The van der Waals surface area contributed by atoms with Gasteiger partial charge in [-0.3, -0.25) is 9.59 Å². The van der Waals surface area contributed by atoms with Crippen LogP contribution in [0.4, 0.5) is 10.5 Å². The van der Waals surface area contributed by atoms with E-state index < -0.39 is 35.6 Å². The standard InChI is InChI=1S/C32H44ClN3O4/c1-10-24-14-12-15-25(19-24)28(29(37)35-27-21(4)13-11-16-26(27)33)36(22(5)18-17-20(2)3)30(38)23(6)34-31(39)40-32(7,8)9/h10-16,19-20,22-23,28H,1,17-18H2,2-9H3,(H,34,39)(H,35,37). The van der Waals surface area contributed by atoms with Gasteiger partial charge in [-0.25, -0.2) is 4.79 Å². The minimum atomic E-state index is -1.01. The number of carbonyl (C=O) groups excluding carboxylic acids is 3. The fourth-order valence-electron chi connectivity index (χ4n) is 4.36. The van der Waals surface area contributed by atoms with Crippen molar-refractivity contribution in [2.75, 3.05) is 5.32 Å². The number of rotatable bonds is 11. The average molecular weight is 570 g/mol. The minimum absolute atomic E-state index is 0.326. The lowest BCUT2D eigenvalue weighted by Crippen LogP contribution is -2.54. The van der Waals surface area contributed by atoms with Crippen molar-refractivity contribution in [2.24, 2.45) is 5.92 Å². The fourth-order valence-corrected chi connectivity index (χ4v) is 4.63. The second kappa shape index (κ2) is 14.4. The Labute approximate surface area is 244 Å². The van der Waals surface area contributed by atoms with E-state index in [1.165, 1.54) is 0 Å². The van der Waals surface area contributed by atoms with Crippen LogP contribution in [0.15, 0.2) is 49.0 Å². The summed E-state index contributed by atoms with van der Waals surface area (Å²) in [5, 5.41) is 6.03. The summed E-state index contributed by atoms with van der Waals surface area (Å²) in [6.45, 7) is 18.7. The summed E-state index contributed by atoms with van der Waals surface area (Å²) >= 11 is 6.45. The van der Waals surface area contributed by atoms with Gasteiger partial charge in [0.1, 0.15) is 17.7 Å². The number of hydrogen-bond donors (Lipinski definition) is 2. The number of anilines is 1. The van der Waals surface area contributed by atoms with Crippen LogP contribution in [0, 0.1) is 12.8 Å². The Bertz CT molecular complexity index is 1180. The molecule has 0 saturated heterocycles. The van der Waals surface area contributed by atoms with Crippen LogP contribution in [0.5, 0.6) is 0 Å². The molecular weight excluding hydrogens is 526 g/mol. The number of para-hydroxylation sites is 1. The molecule has 0 aliphatic heterocycles. The van der Waals surface area contributed by atoms with Crippen LogP contribution in [-0.2, 0) is 14.3 Å². The predicted molar refractivity (Wildman–Crippen MR) is 163 cm³/mol. The topological polar surface area (TPSA) is 87.7 Å². The minimum Gasteiger partial charge on any atom is -0.444 e. The number of nitrogens with one attached hydrogen (secondary N) is 2. The number of aryl methyl sites for hydroxylation is 1. The molecule has 2 aromatic carbocycles. The predicted octanol–water partition coefficient (Wildman–Crippen LogP) is 7.54. The fraction of sp³-hybridized carbons (Fsp3) is 0.469. The van der Waals surface area contributed by atoms with E-state index in [1.807, 2.05) is 50.2 Å². The number of nitrogens with zero attached hydrogens (tertiary/aromatic N) is 1. The molecule has 8 heteroatoms. The van der Waals surface area contributed by atoms with Gasteiger partial charge in [0.25, 0.3) is 5.91 Å². The largest absolute Gasteiger partial charge is 0.444 e. The van der Waals surface area contributed by atoms with E-state index in [0.717, 1.165) is 17.5 Å². The summed E-state index contributed by atoms with van der Waals surface area (Å²) in [4.78, 5) is 42.4. The lowest BCUT2D eigenvalue weighted by Gasteiger charge is -2.38. The Kier molecular flexibility index (Phi) is 11.8. The van der Waals surface area contributed by atoms with Gasteiger partial charge in [0.15, 0.2) is 0 Å². The zero-order chi connectivity index (χ0) is 30.2. The Morgan fingerprint density at radius 1 is 1.05 bits per heavy atom. The smallest absolute Gasteiger partial charge is 0.408 e. The summed E-state index contributed by atoms with van der Waals surface area (Å²) in [7, 11) is 0. The van der Waals surface area contributed by atoms with Crippen molar-refractivity contribution in [2.45, 2.75) is 92.0 Å². The first kappa shape index (κ1) is 32.9. The Morgan fingerprint density at radius 2 is 1.70 bits per heavy atom. The third-order valence-electron chi connectivity index (χ3n) is 6.45. The first-order valence-electron chi connectivity index (χ1n) is 13.7. The SMILES string of the molecule is C=Cc1cccc(C(C(=O)Nc2c(C)cccc2Cl)N(C(=O)C(C)NC(=O)OC(C)(C)C)C(C)CCC(C)C)c1. The van der Waals surface area contributed by atoms with Crippen LogP contribution in [-0.4, -0.2) is 40.5 Å². The Hall–Kier alpha value is -3.32. The monoisotopic (exact) mass is 569 g/mol. The van der Waals surface area contributed by atoms with Crippen LogP contribution < -0.4 is 10.6 Å². The highest BCUT2D eigenvalue weighted by Gasteiger charge is 2.38. The highest BCUT2D eigenvalue weighted by atomic mass is 35.5. The molecular formula is C32H44ClN3O4. The Balaban J connectivity index is 2.60. The molecule has 7 nitrogen and oxygen atoms in total. The number of halogens is 1. The van der Waals surface area contributed by atoms with Crippen LogP contribution in [0.1, 0.15) is 84.0 Å². The normalized spacial score (nSPS) is 13.7. The highest BCUT2D eigenvalue weighted by Crippen LogP contribution is 2.32. The summed E-state index contributed by atoms with van der Waals surface area (Å²) in [6, 6.07) is 10.5. The van der Waals surface area contributed by atoms with Crippen molar-refractivity contribution >= 4 is 41.3 Å². The molecule has 0 saturated carbocycles. The number of amides is 3. The maximum atomic E-state index is 14.1. The molecule has 0 aliphatic carbocycles. The van der Waals surface area contributed by atoms with Gasteiger partial charge in [-0.1, -0.05) is 68.4 Å². The molecule has 0 aromatic heterocycles. The van der Waals surface area contributed by atoms with E-state index in [-0.39, 0.29) is 6.04 Å². The Morgan fingerprint density at radius 3 is 2.27 bits per heavy atom. The first-order chi connectivity index (χ1) is 18.6. The van der Waals surface area contributed by atoms with Crippen molar-refractivity contribution in [1.82, 2.24) is 10.2 Å². The molecule has 3 amide bonds. The van der Waals surface area contributed by atoms with E-state index in [2.05, 4.69) is 31.1 Å². The van der Waals surface area contributed by atoms with E-state index in [4.69, 9.17) is 16.3 Å². The summed E-state index contributed by atoms with van der Waals surface area (Å²) in [6.07, 6.45) is 2.50. The third kappa shape index (κ3) is 9.40. The number of hydrogen-bond acceptors (Lipinski definition) is 4. The average Bonchev–Trinajstić information content (AvgIpc) is 2.86. The lowest BCUT2D eigenvalue weighted by molar-refractivity contribution is -0.143. The van der Waals surface area contributed by atoms with Crippen molar-refractivity contribution in [3.05, 3.63) is 70.8 Å². The molecule has 3 unspecified atom stereocenters. The van der Waals surface area contributed by atoms with Crippen LogP contribution in [0.2, 0.25) is 5.02 Å². The zero-order valence-electron chi connectivity index (χ0n) is 25.0. The molecule has 0 heterocycles. The quantitative estimate of drug-likeness (QED) is 0.292. The summed E-state index contributed by atoms with van der Waals surface area (Å²) in [5.74, 6) is -0.410. The number of ether oxygens (including phenoxy) is 1. The molecule has 2 rings (SSSR count). The molecule has 2 aromatic rings. The van der Waals surface area contributed by atoms with E-state index >= 15 is 0 Å². The van der Waals surface area contributed by atoms with Gasteiger partial charge in [-0.05, 0) is 89.1 Å².